The fraction of sp³-hybridized carbons (Fsp3) is 0.167. The molecule has 0 bridgehead atoms. The number of hydrogen-bond donors (Lipinski definition) is 1. The van der Waals surface area contributed by atoms with Crippen molar-refractivity contribution >= 4 is 34.2 Å². The van der Waals surface area contributed by atoms with Crippen LogP contribution in [0.4, 0.5) is 5.69 Å². The van der Waals surface area contributed by atoms with Gasteiger partial charge >= 0.3 is 0 Å². The summed E-state index contributed by atoms with van der Waals surface area (Å²) in [6.45, 7) is 0.135. The molecule has 158 valence electrons. The highest BCUT2D eigenvalue weighted by Gasteiger charge is 2.15. The molecule has 0 atom stereocenters. The number of aromatic nitrogens is 2. The van der Waals surface area contributed by atoms with Gasteiger partial charge in [0.1, 0.15) is 12.4 Å². The molecule has 6 nitrogen and oxygen atoms in total. The second kappa shape index (κ2) is 9.10. The van der Waals surface area contributed by atoms with Crippen molar-refractivity contribution in [2.75, 3.05) is 19.5 Å². The minimum atomic E-state index is -0.154. The van der Waals surface area contributed by atoms with Crippen molar-refractivity contribution in [3.63, 3.8) is 0 Å². The third-order valence-corrected chi connectivity index (χ3v) is 5.19. The van der Waals surface area contributed by atoms with E-state index in [0.717, 1.165) is 22.4 Å². The van der Waals surface area contributed by atoms with E-state index in [4.69, 9.17) is 26.1 Å². The van der Waals surface area contributed by atoms with E-state index in [1.54, 1.807) is 38.5 Å². The zero-order chi connectivity index (χ0) is 21.8. The summed E-state index contributed by atoms with van der Waals surface area (Å²) in [5, 5.41) is 3.47. The maximum atomic E-state index is 12.8. The van der Waals surface area contributed by atoms with Crippen molar-refractivity contribution in [1.29, 1.82) is 0 Å². The summed E-state index contributed by atoms with van der Waals surface area (Å²) >= 11 is 6.03. The SMILES string of the molecule is COc1ccc(Cc2nc3ccccc3n2CC(=O)Nc2cccc(Cl)c2)cc1OC. The molecule has 3 aromatic carbocycles. The van der Waals surface area contributed by atoms with Gasteiger partial charge < -0.3 is 19.4 Å². The Balaban J connectivity index is 1.64. The van der Waals surface area contributed by atoms with E-state index in [1.807, 2.05) is 47.0 Å². The van der Waals surface area contributed by atoms with E-state index >= 15 is 0 Å². The molecule has 0 saturated heterocycles. The van der Waals surface area contributed by atoms with Gasteiger partial charge in [0.05, 0.1) is 25.3 Å². The van der Waals surface area contributed by atoms with Crippen LogP contribution in [-0.2, 0) is 17.8 Å². The van der Waals surface area contributed by atoms with Crippen LogP contribution >= 0.6 is 11.6 Å². The van der Waals surface area contributed by atoms with Gasteiger partial charge in [0.25, 0.3) is 0 Å². The van der Waals surface area contributed by atoms with Crippen LogP contribution in [0, 0.1) is 0 Å². The van der Waals surface area contributed by atoms with Gasteiger partial charge in [0, 0.05) is 17.1 Å². The van der Waals surface area contributed by atoms with Gasteiger partial charge in [0.2, 0.25) is 5.91 Å². The predicted molar refractivity (Wildman–Crippen MR) is 122 cm³/mol. The third kappa shape index (κ3) is 4.64. The number of nitrogens with zero attached hydrogens (tertiary/aromatic N) is 2. The molecule has 7 heteroatoms. The second-order valence-electron chi connectivity index (χ2n) is 7.03. The quantitative estimate of drug-likeness (QED) is 0.446. The largest absolute Gasteiger partial charge is 0.493 e. The molecule has 0 radical (unpaired) electrons. The van der Waals surface area contributed by atoms with Crippen LogP contribution in [0.1, 0.15) is 11.4 Å². The molecule has 0 unspecified atom stereocenters. The number of nitrogens with one attached hydrogen (secondary N) is 1. The predicted octanol–water partition coefficient (Wildman–Crippen LogP) is 4.94. The molecule has 0 aliphatic heterocycles. The van der Waals surface area contributed by atoms with Gasteiger partial charge in [-0.05, 0) is 48.0 Å². The lowest BCUT2D eigenvalue weighted by molar-refractivity contribution is -0.116. The van der Waals surface area contributed by atoms with Crippen LogP contribution in [0.2, 0.25) is 5.02 Å². The second-order valence-corrected chi connectivity index (χ2v) is 7.46. The highest BCUT2D eigenvalue weighted by molar-refractivity contribution is 6.30. The van der Waals surface area contributed by atoms with Crippen LogP contribution in [0.15, 0.2) is 66.7 Å². The van der Waals surface area contributed by atoms with E-state index in [1.165, 1.54) is 0 Å². The normalized spacial score (nSPS) is 10.8. The summed E-state index contributed by atoms with van der Waals surface area (Å²) in [6.07, 6.45) is 0.541. The zero-order valence-corrected chi connectivity index (χ0v) is 18.0. The highest BCUT2D eigenvalue weighted by Crippen LogP contribution is 2.29. The first-order valence-electron chi connectivity index (χ1n) is 9.78. The summed E-state index contributed by atoms with van der Waals surface area (Å²) in [5.74, 6) is 1.95. The van der Waals surface area contributed by atoms with Crippen LogP contribution in [0.5, 0.6) is 11.5 Å². The number of benzene rings is 3. The molecule has 1 amide bonds. The number of rotatable bonds is 7. The van der Waals surface area contributed by atoms with Gasteiger partial charge in [0.15, 0.2) is 11.5 Å². The first kappa shape index (κ1) is 20.8. The number of para-hydroxylation sites is 2. The molecule has 0 fully saturated rings. The van der Waals surface area contributed by atoms with Crippen LogP contribution in [0.3, 0.4) is 0 Å². The van der Waals surface area contributed by atoms with Crippen LogP contribution in [-0.4, -0.2) is 29.7 Å². The molecule has 0 saturated carbocycles. The van der Waals surface area contributed by atoms with Gasteiger partial charge in [-0.2, -0.15) is 0 Å². The van der Waals surface area contributed by atoms with Crippen molar-refractivity contribution in [1.82, 2.24) is 9.55 Å². The summed E-state index contributed by atoms with van der Waals surface area (Å²) in [6, 6.07) is 20.6. The molecule has 0 spiro atoms. The van der Waals surface area contributed by atoms with Crippen LogP contribution < -0.4 is 14.8 Å². The number of carbonyl (C=O) groups is 1. The summed E-state index contributed by atoms with van der Waals surface area (Å²) in [5.41, 5.74) is 3.40. The maximum Gasteiger partial charge on any atom is 0.244 e. The van der Waals surface area contributed by atoms with E-state index < -0.39 is 0 Å². The monoisotopic (exact) mass is 435 g/mol. The first-order chi connectivity index (χ1) is 15.1. The van der Waals surface area contributed by atoms with Crippen molar-refractivity contribution < 1.29 is 14.3 Å². The Morgan fingerprint density at radius 3 is 2.58 bits per heavy atom. The number of methoxy groups -OCH3 is 2. The number of anilines is 1. The third-order valence-electron chi connectivity index (χ3n) is 4.95. The lowest BCUT2D eigenvalue weighted by Crippen LogP contribution is -2.20. The molecule has 1 aromatic heterocycles. The Hall–Kier alpha value is -3.51. The molecule has 31 heavy (non-hydrogen) atoms. The number of ether oxygens (including phenoxy) is 2. The minimum absolute atomic E-state index is 0.135. The van der Waals surface area contributed by atoms with E-state index in [0.29, 0.717) is 28.6 Å². The van der Waals surface area contributed by atoms with E-state index in [9.17, 15) is 4.79 Å². The molecule has 1 heterocycles. The first-order valence-corrected chi connectivity index (χ1v) is 10.2. The smallest absolute Gasteiger partial charge is 0.244 e. The number of amides is 1. The molecular formula is C24H22ClN3O3. The molecule has 4 aromatic rings. The lowest BCUT2D eigenvalue weighted by atomic mass is 10.1. The number of fused-ring (bicyclic) bond motifs is 1. The van der Waals surface area contributed by atoms with E-state index in [2.05, 4.69) is 5.32 Å². The van der Waals surface area contributed by atoms with Crippen molar-refractivity contribution in [3.05, 3.63) is 83.1 Å². The Kier molecular flexibility index (Phi) is 6.09. The minimum Gasteiger partial charge on any atom is -0.493 e. The Morgan fingerprint density at radius 1 is 1.00 bits per heavy atom. The number of carbonyl (C=O) groups excluding carboxylic acids is 1. The Morgan fingerprint density at radius 2 is 1.81 bits per heavy atom. The van der Waals surface area contributed by atoms with Crippen molar-refractivity contribution in [2.24, 2.45) is 0 Å². The number of imidazole rings is 1. The fourth-order valence-electron chi connectivity index (χ4n) is 3.52. The standard InChI is InChI=1S/C24H22ClN3O3/c1-30-21-11-10-16(12-22(21)31-2)13-23-27-19-8-3-4-9-20(19)28(23)15-24(29)26-18-7-5-6-17(25)14-18/h3-12,14H,13,15H2,1-2H3,(H,26,29). The average Bonchev–Trinajstić information content (AvgIpc) is 3.10. The van der Waals surface area contributed by atoms with Gasteiger partial charge in [-0.15, -0.1) is 0 Å². The zero-order valence-electron chi connectivity index (χ0n) is 17.3. The summed E-state index contributed by atoms with van der Waals surface area (Å²) in [7, 11) is 3.21. The Labute approximate surface area is 185 Å². The van der Waals surface area contributed by atoms with Gasteiger partial charge in [-0.25, -0.2) is 4.98 Å². The van der Waals surface area contributed by atoms with Gasteiger partial charge in [-0.3, -0.25) is 4.79 Å². The highest BCUT2D eigenvalue weighted by atomic mass is 35.5. The Bertz CT molecular complexity index is 1240. The topological polar surface area (TPSA) is 65.4 Å². The fourth-order valence-corrected chi connectivity index (χ4v) is 3.71. The molecule has 0 aliphatic carbocycles. The van der Waals surface area contributed by atoms with Crippen LogP contribution in [0.25, 0.3) is 11.0 Å². The molecule has 0 aliphatic rings. The molecule has 4 rings (SSSR count). The van der Waals surface area contributed by atoms with Crippen molar-refractivity contribution in [3.8, 4) is 11.5 Å². The molecule has 1 N–H and O–H groups in total. The van der Waals surface area contributed by atoms with Crippen molar-refractivity contribution in [2.45, 2.75) is 13.0 Å². The molecular weight excluding hydrogens is 414 g/mol. The summed E-state index contributed by atoms with van der Waals surface area (Å²) < 4.78 is 12.7. The van der Waals surface area contributed by atoms with Gasteiger partial charge in [-0.1, -0.05) is 35.9 Å². The lowest BCUT2D eigenvalue weighted by Gasteiger charge is -2.12. The average molecular weight is 436 g/mol. The summed E-state index contributed by atoms with van der Waals surface area (Å²) in [4.78, 5) is 17.6. The number of halogens is 1. The number of hydrogen-bond acceptors (Lipinski definition) is 4. The van der Waals surface area contributed by atoms with E-state index in [-0.39, 0.29) is 12.5 Å². The maximum absolute atomic E-state index is 12.8.